The number of hydrogen-bond acceptors (Lipinski definition) is 5. The zero-order chi connectivity index (χ0) is 18.9. The third-order valence-corrected chi connectivity index (χ3v) is 5.94. The molecule has 1 saturated heterocycles. The molecule has 0 bridgehead atoms. The molecular formula is C21H24N6O. The summed E-state index contributed by atoms with van der Waals surface area (Å²) in [5, 5.41) is 13.2. The molecule has 2 aliphatic rings. The average Bonchev–Trinajstić information content (AvgIpc) is 3.18. The lowest BCUT2D eigenvalue weighted by Crippen LogP contribution is -2.39. The number of carbonyl (C=O) groups excluding carboxylic acids is 1. The SMILES string of the molecule is O=C(Cc1cccc2ncccc12)N1CCC(c2nnc3n2CCNC3)CC1. The van der Waals surface area contributed by atoms with Crippen LogP contribution in [0.2, 0.25) is 0 Å². The molecule has 0 aliphatic carbocycles. The zero-order valence-corrected chi connectivity index (χ0v) is 15.8. The standard InChI is InChI=1S/C21H24N6O/c28-20(13-16-3-1-5-18-17(16)4-2-8-23-18)26-10-6-15(7-11-26)21-25-24-19-14-22-9-12-27(19)21/h1-5,8,15,22H,6-7,9-14H2. The van der Waals surface area contributed by atoms with Crippen LogP contribution in [0.5, 0.6) is 0 Å². The fourth-order valence-electron chi connectivity index (χ4n) is 4.40. The number of carbonyl (C=O) groups is 1. The Labute approximate surface area is 163 Å². The minimum Gasteiger partial charge on any atom is -0.342 e. The van der Waals surface area contributed by atoms with Crippen molar-refractivity contribution in [1.29, 1.82) is 0 Å². The normalized spacial score (nSPS) is 17.6. The van der Waals surface area contributed by atoms with Gasteiger partial charge in [0.05, 0.1) is 18.5 Å². The molecule has 5 rings (SSSR count). The minimum absolute atomic E-state index is 0.197. The summed E-state index contributed by atoms with van der Waals surface area (Å²) in [7, 11) is 0. The van der Waals surface area contributed by atoms with Gasteiger partial charge in [0.15, 0.2) is 0 Å². The Morgan fingerprint density at radius 3 is 2.89 bits per heavy atom. The molecule has 4 heterocycles. The van der Waals surface area contributed by atoms with Crippen LogP contribution in [0.1, 0.15) is 36.0 Å². The summed E-state index contributed by atoms with van der Waals surface area (Å²) in [6, 6.07) is 9.97. The molecular weight excluding hydrogens is 352 g/mol. The lowest BCUT2D eigenvalue weighted by atomic mass is 9.95. The predicted molar refractivity (Wildman–Crippen MR) is 106 cm³/mol. The van der Waals surface area contributed by atoms with Crippen LogP contribution < -0.4 is 5.32 Å². The monoisotopic (exact) mass is 376 g/mol. The van der Waals surface area contributed by atoms with Crippen molar-refractivity contribution in [2.45, 2.75) is 38.3 Å². The summed E-state index contributed by atoms with van der Waals surface area (Å²) >= 11 is 0. The van der Waals surface area contributed by atoms with Crippen LogP contribution in [0.15, 0.2) is 36.5 Å². The lowest BCUT2D eigenvalue weighted by Gasteiger charge is -2.32. The minimum atomic E-state index is 0.197. The van der Waals surface area contributed by atoms with Crippen LogP contribution in [-0.4, -0.2) is 50.2 Å². The summed E-state index contributed by atoms with van der Waals surface area (Å²) in [5.41, 5.74) is 1.99. The van der Waals surface area contributed by atoms with Crippen LogP contribution in [-0.2, 0) is 24.3 Å². The number of nitrogens with one attached hydrogen (secondary N) is 1. The number of piperidine rings is 1. The Bertz CT molecular complexity index is 1000. The summed E-state index contributed by atoms with van der Waals surface area (Å²) < 4.78 is 2.27. The van der Waals surface area contributed by atoms with Crippen LogP contribution in [0, 0.1) is 0 Å². The first-order valence-electron chi connectivity index (χ1n) is 10.0. The lowest BCUT2D eigenvalue weighted by molar-refractivity contribution is -0.131. The molecule has 0 radical (unpaired) electrons. The second kappa shape index (κ2) is 7.31. The van der Waals surface area contributed by atoms with Gasteiger partial charge in [0.2, 0.25) is 5.91 Å². The van der Waals surface area contributed by atoms with Gasteiger partial charge in [-0.2, -0.15) is 0 Å². The fourth-order valence-corrected chi connectivity index (χ4v) is 4.40. The molecule has 2 aliphatic heterocycles. The topological polar surface area (TPSA) is 75.9 Å². The van der Waals surface area contributed by atoms with Crippen molar-refractivity contribution < 1.29 is 4.79 Å². The number of nitrogens with zero attached hydrogens (tertiary/aromatic N) is 5. The highest BCUT2D eigenvalue weighted by Crippen LogP contribution is 2.28. The van der Waals surface area contributed by atoms with Crippen LogP contribution in [0.3, 0.4) is 0 Å². The molecule has 144 valence electrons. The highest BCUT2D eigenvalue weighted by molar-refractivity contribution is 5.88. The van der Waals surface area contributed by atoms with E-state index in [2.05, 4.69) is 25.1 Å². The number of amides is 1. The third kappa shape index (κ3) is 3.16. The summed E-state index contributed by atoms with van der Waals surface area (Å²) in [5.74, 6) is 2.72. The summed E-state index contributed by atoms with van der Waals surface area (Å²) in [4.78, 5) is 19.3. The van der Waals surface area contributed by atoms with Crippen molar-refractivity contribution in [2.75, 3.05) is 19.6 Å². The average molecular weight is 376 g/mol. The van der Waals surface area contributed by atoms with E-state index >= 15 is 0 Å². The van der Waals surface area contributed by atoms with Crippen molar-refractivity contribution in [3.63, 3.8) is 0 Å². The van der Waals surface area contributed by atoms with Gasteiger partial charge in [0.25, 0.3) is 0 Å². The van der Waals surface area contributed by atoms with Gasteiger partial charge in [-0.3, -0.25) is 9.78 Å². The Hall–Kier alpha value is -2.80. The first kappa shape index (κ1) is 17.3. The maximum Gasteiger partial charge on any atom is 0.227 e. The van der Waals surface area contributed by atoms with Gasteiger partial charge < -0.3 is 14.8 Å². The summed E-state index contributed by atoms with van der Waals surface area (Å²) in [6.07, 6.45) is 4.13. The van der Waals surface area contributed by atoms with Crippen molar-refractivity contribution in [3.8, 4) is 0 Å². The van der Waals surface area contributed by atoms with Gasteiger partial charge in [0, 0.05) is 43.7 Å². The molecule has 0 atom stereocenters. The quantitative estimate of drug-likeness (QED) is 0.755. The van der Waals surface area contributed by atoms with Gasteiger partial charge in [-0.15, -0.1) is 10.2 Å². The van der Waals surface area contributed by atoms with E-state index in [-0.39, 0.29) is 5.91 Å². The first-order valence-corrected chi connectivity index (χ1v) is 10.0. The summed E-state index contributed by atoms with van der Waals surface area (Å²) in [6.45, 7) is 4.27. The van der Waals surface area contributed by atoms with E-state index in [1.54, 1.807) is 6.20 Å². The maximum absolute atomic E-state index is 12.9. The van der Waals surface area contributed by atoms with E-state index in [1.165, 1.54) is 0 Å². The third-order valence-electron chi connectivity index (χ3n) is 5.94. The van der Waals surface area contributed by atoms with E-state index < -0.39 is 0 Å². The molecule has 1 fully saturated rings. The molecule has 7 nitrogen and oxygen atoms in total. The molecule has 28 heavy (non-hydrogen) atoms. The van der Waals surface area contributed by atoms with Gasteiger partial charge in [-0.25, -0.2) is 0 Å². The number of hydrogen-bond donors (Lipinski definition) is 1. The number of rotatable bonds is 3. The number of aromatic nitrogens is 4. The predicted octanol–water partition coefficient (Wildman–Crippen LogP) is 1.88. The van der Waals surface area contributed by atoms with Crippen LogP contribution >= 0.6 is 0 Å². The maximum atomic E-state index is 12.9. The molecule has 3 aromatic rings. The Morgan fingerprint density at radius 2 is 2.00 bits per heavy atom. The molecule has 0 spiro atoms. The largest absolute Gasteiger partial charge is 0.342 e. The molecule has 1 aromatic carbocycles. The molecule has 1 N–H and O–H groups in total. The number of pyridine rings is 1. The van der Waals surface area contributed by atoms with Crippen molar-refractivity contribution in [1.82, 2.24) is 30.0 Å². The Morgan fingerprint density at radius 1 is 1.11 bits per heavy atom. The molecule has 2 aromatic heterocycles. The van der Waals surface area contributed by atoms with Gasteiger partial charge >= 0.3 is 0 Å². The zero-order valence-electron chi connectivity index (χ0n) is 15.8. The second-order valence-electron chi connectivity index (χ2n) is 7.62. The molecule has 1 amide bonds. The highest BCUT2D eigenvalue weighted by Gasteiger charge is 2.28. The smallest absolute Gasteiger partial charge is 0.227 e. The number of likely N-dealkylation sites (tertiary alicyclic amines) is 1. The molecule has 0 unspecified atom stereocenters. The van der Waals surface area contributed by atoms with Crippen LogP contribution in [0.4, 0.5) is 0 Å². The number of benzene rings is 1. The Kier molecular flexibility index (Phi) is 4.52. The highest BCUT2D eigenvalue weighted by atomic mass is 16.2. The van der Waals surface area contributed by atoms with E-state index in [1.807, 2.05) is 35.2 Å². The van der Waals surface area contributed by atoms with Crippen molar-refractivity contribution in [2.24, 2.45) is 0 Å². The van der Waals surface area contributed by atoms with E-state index in [4.69, 9.17) is 0 Å². The molecule has 0 saturated carbocycles. The van der Waals surface area contributed by atoms with Crippen molar-refractivity contribution >= 4 is 16.8 Å². The fraction of sp³-hybridized carbons (Fsp3) is 0.429. The first-order chi connectivity index (χ1) is 13.8. The molecule has 7 heteroatoms. The van der Waals surface area contributed by atoms with Crippen molar-refractivity contribution in [3.05, 3.63) is 53.7 Å². The number of fused-ring (bicyclic) bond motifs is 2. The van der Waals surface area contributed by atoms with Crippen LogP contribution in [0.25, 0.3) is 10.9 Å². The Balaban J connectivity index is 1.25. The van der Waals surface area contributed by atoms with E-state index in [0.29, 0.717) is 12.3 Å². The van der Waals surface area contributed by atoms with E-state index in [9.17, 15) is 4.79 Å². The van der Waals surface area contributed by atoms with Gasteiger partial charge in [-0.05, 0) is 30.5 Å². The van der Waals surface area contributed by atoms with Gasteiger partial charge in [0.1, 0.15) is 11.6 Å². The van der Waals surface area contributed by atoms with E-state index in [0.717, 1.165) is 73.7 Å². The second-order valence-corrected chi connectivity index (χ2v) is 7.62. The van der Waals surface area contributed by atoms with Gasteiger partial charge in [-0.1, -0.05) is 18.2 Å².